The highest BCUT2D eigenvalue weighted by atomic mass is 79.9. The zero-order valence-electron chi connectivity index (χ0n) is 10.4. The summed E-state index contributed by atoms with van der Waals surface area (Å²) in [6.45, 7) is 5.21. The largest absolute Gasteiger partial charge is 0.294 e. The lowest BCUT2D eigenvalue weighted by Gasteiger charge is -2.39. The lowest BCUT2D eigenvalue weighted by Crippen LogP contribution is -2.43. The molecule has 94 valence electrons. The fourth-order valence-electron chi connectivity index (χ4n) is 2.63. The van der Waals surface area contributed by atoms with Gasteiger partial charge in [-0.3, -0.25) is 4.90 Å². The molecule has 0 radical (unpaired) electrons. The molecule has 1 fully saturated rings. The van der Waals surface area contributed by atoms with Gasteiger partial charge >= 0.3 is 0 Å². The Morgan fingerprint density at radius 2 is 1.94 bits per heavy atom. The monoisotopic (exact) mass is 299 g/mol. The highest BCUT2D eigenvalue weighted by molar-refractivity contribution is 9.10. The summed E-state index contributed by atoms with van der Waals surface area (Å²) in [7, 11) is 0. The van der Waals surface area contributed by atoms with E-state index >= 15 is 0 Å². The second kappa shape index (κ2) is 5.49. The summed E-state index contributed by atoms with van der Waals surface area (Å²) < 4.78 is 14.6. The second-order valence-corrected chi connectivity index (χ2v) is 5.95. The molecule has 0 unspecified atom stereocenters. The average Bonchev–Trinajstić information content (AvgIpc) is 2.26. The highest BCUT2D eigenvalue weighted by Gasteiger charge is 2.25. The maximum Gasteiger partial charge on any atom is 0.128 e. The zero-order valence-corrected chi connectivity index (χ0v) is 12.0. The fraction of sp³-hybridized carbons (Fsp3) is 0.571. The van der Waals surface area contributed by atoms with E-state index in [1.54, 1.807) is 6.07 Å². The van der Waals surface area contributed by atoms with Crippen LogP contribution in [0.1, 0.15) is 38.7 Å². The van der Waals surface area contributed by atoms with Crippen LogP contribution in [0.15, 0.2) is 22.7 Å². The summed E-state index contributed by atoms with van der Waals surface area (Å²) in [6.07, 6.45) is 3.74. The number of piperidine rings is 1. The van der Waals surface area contributed by atoms with Gasteiger partial charge in [-0.05, 0) is 38.8 Å². The summed E-state index contributed by atoms with van der Waals surface area (Å²) in [4.78, 5) is 2.41. The van der Waals surface area contributed by atoms with Crippen molar-refractivity contribution in [2.24, 2.45) is 0 Å². The van der Waals surface area contributed by atoms with Crippen molar-refractivity contribution >= 4 is 15.9 Å². The molecule has 0 saturated carbocycles. The average molecular weight is 300 g/mol. The molecule has 1 aromatic carbocycles. The molecule has 0 spiro atoms. The molecular weight excluding hydrogens is 281 g/mol. The molecule has 2 rings (SSSR count). The van der Waals surface area contributed by atoms with Crippen molar-refractivity contribution in [1.82, 2.24) is 4.90 Å². The van der Waals surface area contributed by atoms with Crippen LogP contribution in [0.5, 0.6) is 0 Å². The van der Waals surface area contributed by atoms with Gasteiger partial charge in [0.2, 0.25) is 0 Å². The Morgan fingerprint density at radius 1 is 1.29 bits per heavy atom. The standard InChI is InChI=1S/C14H19BrFN/c1-10-4-3-5-11(2)17(10)9-12-6-7-13(15)8-14(12)16/h6-8,10-11H,3-5,9H2,1-2H3/t10-,11+. The van der Waals surface area contributed by atoms with Gasteiger partial charge in [0, 0.05) is 28.7 Å². The number of halogens is 2. The molecule has 1 aromatic rings. The molecule has 1 heterocycles. The predicted molar refractivity (Wildman–Crippen MR) is 72.4 cm³/mol. The number of benzene rings is 1. The Balaban J connectivity index is 2.13. The Morgan fingerprint density at radius 3 is 2.53 bits per heavy atom. The highest BCUT2D eigenvalue weighted by Crippen LogP contribution is 2.26. The molecular formula is C14H19BrFN. The lowest BCUT2D eigenvalue weighted by molar-refractivity contribution is 0.0940. The van der Waals surface area contributed by atoms with Gasteiger partial charge < -0.3 is 0 Å². The van der Waals surface area contributed by atoms with E-state index in [-0.39, 0.29) is 5.82 Å². The first-order valence-corrected chi connectivity index (χ1v) is 7.07. The smallest absolute Gasteiger partial charge is 0.128 e. The van der Waals surface area contributed by atoms with Gasteiger partial charge in [0.05, 0.1) is 0 Å². The quantitative estimate of drug-likeness (QED) is 0.785. The lowest BCUT2D eigenvalue weighted by atomic mass is 9.96. The van der Waals surface area contributed by atoms with Crippen LogP contribution in [0.2, 0.25) is 0 Å². The van der Waals surface area contributed by atoms with Crippen molar-refractivity contribution in [1.29, 1.82) is 0 Å². The van der Waals surface area contributed by atoms with Crippen LogP contribution in [-0.4, -0.2) is 17.0 Å². The van der Waals surface area contributed by atoms with Crippen LogP contribution in [0.4, 0.5) is 4.39 Å². The van der Waals surface area contributed by atoms with Gasteiger partial charge in [0.15, 0.2) is 0 Å². The molecule has 0 amide bonds. The molecule has 3 heteroatoms. The Hall–Kier alpha value is -0.410. The van der Waals surface area contributed by atoms with Crippen molar-refractivity contribution in [2.45, 2.75) is 51.7 Å². The first kappa shape index (κ1) is 13.0. The molecule has 0 bridgehead atoms. The number of likely N-dealkylation sites (tertiary alicyclic amines) is 1. The van der Waals surface area contributed by atoms with E-state index in [0.29, 0.717) is 12.1 Å². The van der Waals surface area contributed by atoms with E-state index in [4.69, 9.17) is 0 Å². The summed E-state index contributed by atoms with van der Waals surface area (Å²) >= 11 is 3.29. The maximum atomic E-state index is 13.8. The maximum absolute atomic E-state index is 13.8. The van der Waals surface area contributed by atoms with Crippen LogP contribution < -0.4 is 0 Å². The first-order chi connectivity index (χ1) is 8.08. The second-order valence-electron chi connectivity index (χ2n) is 5.04. The Labute approximate surface area is 111 Å². The van der Waals surface area contributed by atoms with Gasteiger partial charge in [-0.2, -0.15) is 0 Å². The fourth-order valence-corrected chi connectivity index (χ4v) is 2.97. The number of hydrogen-bond donors (Lipinski definition) is 0. The molecule has 17 heavy (non-hydrogen) atoms. The molecule has 0 aliphatic carbocycles. The van der Waals surface area contributed by atoms with Crippen molar-refractivity contribution < 1.29 is 4.39 Å². The summed E-state index contributed by atoms with van der Waals surface area (Å²) in [5.74, 6) is -0.107. The Kier molecular flexibility index (Phi) is 4.21. The van der Waals surface area contributed by atoms with Crippen LogP contribution in [0.25, 0.3) is 0 Å². The zero-order chi connectivity index (χ0) is 12.4. The van der Waals surface area contributed by atoms with Gasteiger partial charge in [-0.1, -0.05) is 28.4 Å². The third-order valence-electron chi connectivity index (χ3n) is 3.74. The summed E-state index contributed by atoms with van der Waals surface area (Å²) in [5.41, 5.74) is 0.800. The van der Waals surface area contributed by atoms with Crippen molar-refractivity contribution in [3.05, 3.63) is 34.1 Å². The van der Waals surface area contributed by atoms with E-state index in [1.807, 2.05) is 12.1 Å². The van der Waals surface area contributed by atoms with Crippen LogP contribution in [0, 0.1) is 5.82 Å². The molecule has 1 aliphatic heterocycles. The topological polar surface area (TPSA) is 3.24 Å². The van der Waals surface area contributed by atoms with E-state index in [2.05, 4.69) is 34.7 Å². The van der Waals surface area contributed by atoms with Gasteiger partial charge in [0.1, 0.15) is 5.82 Å². The SMILES string of the molecule is C[C@@H]1CCC[C@H](C)N1Cc1ccc(Br)cc1F. The van der Waals surface area contributed by atoms with Crippen LogP contribution >= 0.6 is 15.9 Å². The first-order valence-electron chi connectivity index (χ1n) is 6.27. The summed E-state index contributed by atoms with van der Waals surface area (Å²) in [5, 5.41) is 0. The van der Waals surface area contributed by atoms with Crippen molar-refractivity contribution in [2.75, 3.05) is 0 Å². The molecule has 2 atom stereocenters. The molecule has 1 saturated heterocycles. The van der Waals surface area contributed by atoms with Gasteiger partial charge in [-0.25, -0.2) is 4.39 Å². The molecule has 0 N–H and O–H groups in total. The third-order valence-corrected chi connectivity index (χ3v) is 4.24. The predicted octanol–water partition coefficient (Wildman–Crippen LogP) is 4.35. The molecule has 0 aromatic heterocycles. The van der Waals surface area contributed by atoms with E-state index in [0.717, 1.165) is 16.6 Å². The van der Waals surface area contributed by atoms with Crippen LogP contribution in [0.3, 0.4) is 0 Å². The number of hydrogen-bond acceptors (Lipinski definition) is 1. The van der Waals surface area contributed by atoms with Crippen LogP contribution in [-0.2, 0) is 6.54 Å². The molecule has 1 nitrogen and oxygen atoms in total. The third kappa shape index (κ3) is 3.08. The van der Waals surface area contributed by atoms with E-state index in [9.17, 15) is 4.39 Å². The van der Waals surface area contributed by atoms with Crippen molar-refractivity contribution in [3.63, 3.8) is 0 Å². The van der Waals surface area contributed by atoms with Crippen molar-refractivity contribution in [3.8, 4) is 0 Å². The van der Waals surface area contributed by atoms with E-state index in [1.165, 1.54) is 19.3 Å². The Bertz CT molecular complexity index is 384. The molecule has 1 aliphatic rings. The normalized spacial score (nSPS) is 26.1. The summed E-state index contributed by atoms with van der Waals surface area (Å²) in [6, 6.07) is 6.46. The minimum atomic E-state index is -0.107. The van der Waals surface area contributed by atoms with E-state index < -0.39 is 0 Å². The number of nitrogens with zero attached hydrogens (tertiary/aromatic N) is 1. The van der Waals surface area contributed by atoms with Gasteiger partial charge in [0.25, 0.3) is 0 Å². The number of rotatable bonds is 2. The minimum absolute atomic E-state index is 0.107. The minimum Gasteiger partial charge on any atom is -0.294 e. The van der Waals surface area contributed by atoms with Gasteiger partial charge in [-0.15, -0.1) is 0 Å².